The minimum absolute atomic E-state index is 0.850. The van der Waals surface area contributed by atoms with Crippen LogP contribution in [-0.4, -0.2) is 4.57 Å². The van der Waals surface area contributed by atoms with E-state index in [2.05, 4.69) is 161 Å². The van der Waals surface area contributed by atoms with Gasteiger partial charge in [-0.3, -0.25) is 0 Å². The molecule has 2 heterocycles. The van der Waals surface area contributed by atoms with E-state index >= 15 is 0 Å². The second-order valence-electron chi connectivity index (χ2n) is 11.0. The van der Waals surface area contributed by atoms with Gasteiger partial charge in [0.1, 0.15) is 0 Å². The van der Waals surface area contributed by atoms with Gasteiger partial charge < -0.3 is 14.2 Å². The molecule has 0 unspecified atom stereocenters. The molecule has 0 spiro atoms. The highest BCUT2D eigenvalue weighted by Gasteiger charge is 2.28. The predicted molar refractivity (Wildman–Crippen MR) is 178 cm³/mol. The zero-order valence-electron chi connectivity index (χ0n) is 23.3. The van der Waals surface area contributed by atoms with E-state index < -0.39 is 0 Å². The summed E-state index contributed by atoms with van der Waals surface area (Å²) in [7, 11) is 0. The SMILES string of the molecule is c1ccc(N(c2cccc(-c3cccc4ccccc34)c2)c2ccc3c4ccccc4n4c3c2Oc2ccccc2-4)cc1. The van der Waals surface area contributed by atoms with Gasteiger partial charge in [0.25, 0.3) is 0 Å². The fourth-order valence-corrected chi connectivity index (χ4v) is 6.68. The Kier molecular flexibility index (Phi) is 5.20. The first-order chi connectivity index (χ1) is 21.3. The average Bonchev–Trinajstić information content (AvgIpc) is 3.42. The van der Waals surface area contributed by atoms with Gasteiger partial charge in [-0.1, -0.05) is 103 Å². The lowest BCUT2D eigenvalue weighted by Crippen LogP contribution is -2.13. The fraction of sp³-hybridized carbons (Fsp3) is 0. The normalized spacial score (nSPS) is 11.9. The molecule has 1 aliphatic rings. The molecule has 1 aromatic heterocycles. The summed E-state index contributed by atoms with van der Waals surface area (Å²) < 4.78 is 9.20. The fourth-order valence-electron chi connectivity index (χ4n) is 6.68. The van der Waals surface area contributed by atoms with Crippen LogP contribution in [0.1, 0.15) is 0 Å². The van der Waals surface area contributed by atoms with Gasteiger partial charge in [-0.2, -0.15) is 0 Å². The first kappa shape index (κ1) is 23.9. The Morgan fingerprint density at radius 2 is 1.23 bits per heavy atom. The maximum Gasteiger partial charge on any atom is 0.176 e. The molecule has 7 aromatic carbocycles. The van der Waals surface area contributed by atoms with Gasteiger partial charge in [0.05, 0.1) is 22.4 Å². The van der Waals surface area contributed by atoms with Crippen molar-refractivity contribution in [3.8, 4) is 28.3 Å². The van der Waals surface area contributed by atoms with Crippen molar-refractivity contribution in [2.24, 2.45) is 0 Å². The molecule has 0 atom stereocenters. The Balaban J connectivity index is 1.32. The first-order valence-electron chi connectivity index (χ1n) is 14.6. The van der Waals surface area contributed by atoms with Crippen molar-refractivity contribution in [2.45, 2.75) is 0 Å². The summed E-state index contributed by atoms with van der Waals surface area (Å²) in [5.41, 5.74) is 8.84. The molecule has 0 saturated carbocycles. The highest BCUT2D eigenvalue weighted by atomic mass is 16.5. The van der Waals surface area contributed by atoms with Gasteiger partial charge in [-0.25, -0.2) is 0 Å². The number of benzene rings is 7. The molecule has 0 saturated heterocycles. The third kappa shape index (κ3) is 3.62. The van der Waals surface area contributed by atoms with E-state index in [4.69, 9.17) is 4.74 Å². The summed E-state index contributed by atoms with van der Waals surface area (Å²) in [6.45, 7) is 0. The zero-order valence-corrected chi connectivity index (χ0v) is 23.3. The van der Waals surface area contributed by atoms with Crippen LogP contribution < -0.4 is 9.64 Å². The lowest BCUT2D eigenvalue weighted by atomic mass is 9.97. The van der Waals surface area contributed by atoms with Crippen LogP contribution in [0.25, 0.3) is 49.4 Å². The summed E-state index contributed by atoms with van der Waals surface area (Å²) in [4.78, 5) is 2.32. The molecule has 43 heavy (non-hydrogen) atoms. The highest BCUT2D eigenvalue weighted by molar-refractivity contribution is 6.14. The van der Waals surface area contributed by atoms with Gasteiger partial charge >= 0.3 is 0 Å². The van der Waals surface area contributed by atoms with Crippen molar-refractivity contribution >= 4 is 49.6 Å². The van der Waals surface area contributed by atoms with Gasteiger partial charge in [0.15, 0.2) is 11.5 Å². The van der Waals surface area contributed by atoms with Crippen molar-refractivity contribution in [3.05, 3.63) is 158 Å². The maximum atomic E-state index is 6.84. The summed E-state index contributed by atoms with van der Waals surface area (Å²) in [5, 5.41) is 4.88. The van der Waals surface area contributed by atoms with Crippen molar-refractivity contribution in [3.63, 3.8) is 0 Å². The standard InChI is InChI=1S/C40H26N2O/c1-2-15-29(16-3-1)41(30-17-10-14-28(26-30)32-20-11-13-27-12-4-5-18-31(27)32)37-25-24-34-33-19-6-7-21-35(33)42-36-22-8-9-23-38(36)43-40(37)39(34)42/h1-26H. The average molecular weight is 551 g/mol. The molecule has 1 aliphatic heterocycles. The number of fused-ring (bicyclic) bond motifs is 6. The quantitative estimate of drug-likeness (QED) is 0.217. The smallest absolute Gasteiger partial charge is 0.176 e. The third-order valence-electron chi connectivity index (χ3n) is 8.55. The van der Waals surface area contributed by atoms with Crippen molar-refractivity contribution in [1.82, 2.24) is 4.57 Å². The molecular formula is C40H26N2O. The first-order valence-corrected chi connectivity index (χ1v) is 14.6. The van der Waals surface area contributed by atoms with Gasteiger partial charge in [0.2, 0.25) is 0 Å². The molecule has 0 fully saturated rings. The minimum Gasteiger partial charge on any atom is -0.451 e. The largest absolute Gasteiger partial charge is 0.451 e. The minimum atomic E-state index is 0.850. The Bertz CT molecular complexity index is 2330. The van der Waals surface area contributed by atoms with E-state index in [1.165, 1.54) is 38.2 Å². The number of nitrogens with zero attached hydrogens (tertiary/aromatic N) is 2. The lowest BCUT2D eigenvalue weighted by molar-refractivity contribution is 0.477. The van der Waals surface area contributed by atoms with E-state index in [1.807, 2.05) is 6.07 Å². The second-order valence-corrected chi connectivity index (χ2v) is 11.0. The lowest BCUT2D eigenvalue weighted by Gasteiger charge is -2.30. The number of para-hydroxylation sites is 4. The topological polar surface area (TPSA) is 17.4 Å². The van der Waals surface area contributed by atoms with Crippen LogP contribution in [0, 0.1) is 0 Å². The molecule has 9 rings (SSSR count). The molecule has 3 nitrogen and oxygen atoms in total. The number of rotatable bonds is 4. The molecule has 0 N–H and O–H groups in total. The number of aromatic nitrogens is 1. The monoisotopic (exact) mass is 550 g/mol. The van der Waals surface area contributed by atoms with Gasteiger partial charge in [0, 0.05) is 22.1 Å². The van der Waals surface area contributed by atoms with Crippen LogP contribution in [0.3, 0.4) is 0 Å². The van der Waals surface area contributed by atoms with Crippen molar-refractivity contribution < 1.29 is 4.74 Å². The molecule has 0 aliphatic carbocycles. The number of hydrogen-bond donors (Lipinski definition) is 0. The van der Waals surface area contributed by atoms with E-state index in [0.29, 0.717) is 0 Å². The van der Waals surface area contributed by atoms with E-state index in [-0.39, 0.29) is 0 Å². The number of ether oxygens (including phenoxy) is 1. The molecule has 3 heteroatoms. The predicted octanol–water partition coefficient (Wildman–Crippen LogP) is 11.2. The molecule has 8 aromatic rings. The van der Waals surface area contributed by atoms with Crippen LogP contribution in [0.4, 0.5) is 17.1 Å². The van der Waals surface area contributed by atoms with Gasteiger partial charge in [-0.15, -0.1) is 0 Å². The van der Waals surface area contributed by atoms with Crippen LogP contribution in [-0.2, 0) is 0 Å². The maximum absolute atomic E-state index is 6.84. The van der Waals surface area contributed by atoms with E-state index in [1.54, 1.807) is 0 Å². The summed E-state index contributed by atoms with van der Waals surface area (Å²) in [6.07, 6.45) is 0. The number of hydrogen-bond acceptors (Lipinski definition) is 2. The van der Waals surface area contributed by atoms with Crippen LogP contribution in [0.2, 0.25) is 0 Å². The number of anilines is 3. The summed E-state index contributed by atoms with van der Waals surface area (Å²) in [5.74, 6) is 1.70. The van der Waals surface area contributed by atoms with E-state index in [9.17, 15) is 0 Å². The summed E-state index contributed by atoms with van der Waals surface area (Å²) in [6, 6.07) is 55.9. The molecular weight excluding hydrogens is 524 g/mol. The Labute approximate surface area is 249 Å². The van der Waals surface area contributed by atoms with Crippen LogP contribution in [0.15, 0.2) is 158 Å². The molecule has 0 bridgehead atoms. The van der Waals surface area contributed by atoms with Crippen molar-refractivity contribution in [1.29, 1.82) is 0 Å². The van der Waals surface area contributed by atoms with Gasteiger partial charge in [-0.05, 0) is 76.5 Å². The zero-order chi connectivity index (χ0) is 28.3. The van der Waals surface area contributed by atoms with Crippen LogP contribution >= 0.6 is 0 Å². The summed E-state index contributed by atoms with van der Waals surface area (Å²) >= 11 is 0. The Morgan fingerprint density at radius 1 is 0.512 bits per heavy atom. The van der Waals surface area contributed by atoms with Crippen molar-refractivity contribution in [2.75, 3.05) is 4.90 Å². The van der Waals surface area contributed by atoms with E-state index in [0.717, 1.165) is 39.8 Å². The molecule has 202 valence electrons. The molecule has 0 radical (unpaired) electrons. The van der Waals surface area contributed by atoms with Crippen LogP contribution in [0.5, 0.6) is 11.5 Å². The third-order valence-corrected chi connectivity index (χ3v) is 8.55. The Morgan fingerprint density at radius 3 is 2.16 bits per heavy atom. The second kappa shape index (κ2) is 9.37. The molecule has 0 amide bonds. The highest BCUT2D eigenvalue weighted by Crippen LogP contribution is 2.52. The Hall–Kier alpha value is -5.80.